The molecule has 11 aromatic rings. The molecule has 4 nitrogen and oxygen atoms in total. The number of anilines is 3. The second kappa shape index (κ2) is 13.6. The topological polar surface area (TPSA) is 34.2 Å². The van der Waals surface area contributed by atoms with Gasteiger partial charge >= 0.3 is 0 Å². The molecule has 0 spiro atoms. The Bertz CT molecular complexity index is 3230. The van der Waals surface area contributed by atoms with Crippen molar-refractivity contribution in [3.8, 4) is 39.1 Å². The van der Waals surface area contributed by atoms with E-state index in [4.69, 9.17) is 4.42 Å². The number of fused-ring (bicyclic) bond motifs is 6. The number of hydrogen-bond donors (Lipinski definition) is 0. The van der Waals surface area contributed by atoms with Crippen LogP contribution >= 0.6 is 0 Å². The van der Waals surface area contributed by atoms with Crippen LogP contribution in [-0.2, 0) is 0 Å². The minimum Gasteiger partial charge on any atom is -0.456 e. The average Bonchev–Trinajstić information content (AvgIpc) is 3.83. The molecule has 268 valence electrons. The van der Waals surface area contributed by atoms with Crippen molar-refractivity contribution in [3.05, 3.63) is 213 Å². The maximum Gasteiger partial charge on any atom is 0.137 e. The van der Waals surface area contributed by atoms with Crippen LogP contribution in [0.25, 0.3) is 82.8 Å². The predicted octanol–water partition coefficient (Wildman–Crippen LogP) is 14.5. The lowest BCUT2D eigenvalue weighted by Gasteiger charge is -2.28. The maximum absolute atomic E-state index is 6.32. The van der Waals surface area contributed by atoms with E-state index >= 15 is 0 Å². The van der Waals surface area contributed by atoms with Crippen LogP contribution < -0.4 is 4.90 Å². The summed E-state index contributed by atoms with van der Waals surface area (Å²) in [5.74, 6) is 0. The van der Waals surface area contributed by atoms with Gasteiger partial charge in [0.15, 0.2) is 0 Å². The van der Waals surface area contributed by atoms with Gasteiger partial charge in [0.25, 0.3) is 0 Å². The summed E-state index contributed by atoms with van der Waals surface area (Å²) in [6.45, 7) is 0. The molecule has 8 aromatic carbocycles. The Balaban J connectivity index is 1.00. The van der Waals surface area contributed by atoms with Gasteiger partial charge in [-0.05, 0) is 107 Å². The van der Waals surface area contributed by atoms with E-state index in [-0.39, 0.29) is 0 Å². The van der Waals surface area contributed by atoms with Crippen molar-refractivity contribution < 1.29 is 4.42 Å². The molecule has 0 fully saturated rings. The molecular weight excluding hydrogens is 695 g/mol. The lowest BCUT2D eigenvalue weighted by atomic mass is 9.96. The lowest BCUT2D eigenvalue weighted by Crippen LogP contribution is -2.11. The zero-order chi connectivity index (χ0) is 37.7. The molecule has 11 rings (SSSR count). The fraction of sp³-hybridized carbons (Fsp3) is 0. The average molecular weight is 730 g/mol. The van der Waals surface area contributed by atoms with E-state index in [2.05, 4.69) is 196 Å². The third kappa shape index (κ3) is 5.66. The molecule has 57 heavy (non-hydrogen) atoms. The highest BCUT2D eigenvalue weighted by Crippen LogP contribution is 2.43. The molecule has 0 saturated heterocycles. The zero-order valence-electron chi connectivity index (χ0n) is 31.0. The van der Waals surface area contributed by atoms with Crippen molar-refractivity contribution >= 4 is 60.8 Å². The number of furan rings is 1. The Morgan fingerprint density at radius 3 is 1.96 bits per heavy atom. The van der Waals surface area contributed by atoms with E-state index < -0.39 is 0 Å². The van der Waals surface area contributed by atoms with E-state index in [0.717, 1.165) is 83.5 Å². The van der Waals surface area contributed by atoms with Crippen LogP contribution in [0.1, 0.15) is 0 Å². The molecule has 0 N–H and O–H groups in total. The summed E-state index contributed by atoms with van der Waals surface area (Å²) in [7, 11) is 0. The minimum absolute atomic E-state index is 0.890. The number of rotatable bonds is 7. The summed E-state index contributed by atoms with van der Waals surface area (Å²) in [5.41, 5.74) is 15.3. The number of pyridine rings is 1. The van der Waals surface area contributed by atoms with Crippen LogP contribution in [0.2, 0.25) is 0 Å². The van der Waals surface area contributed by atoms with Gasteiger partial charge < -0.3 is 13.9 Å². The first-order valence-corrected chi connectivity index (χ1v) is 19.3. The summed E-state index contributed by atoms with van der Waals surface area (Å²) >= 11 is 0. The monoisotopic (exact) mass is 729 g/mol. The molecule has 0 aliphatic rings. The van der Waals surface area contributed by atoms with Crippen LogP contribution in [0.4, 0.5) is 17.1 Å². The number of benzene rings is 8. The second-order valence-electron chi connectivity index (χ2n) is 14.4. The summed E-state index contributed by atoms with van der Waals surface area (Å²) in [6, 6.07) is 71.4. The van der Waals surface area contributed by atoms with Gasteiger partial charge in [0.1, 0.15) is 11.2 Å². The number of para-hydroxylation sites is 4. The number of nitrogens with zero attached hydrogens (tertiary/aromatic N) is 3. The van der Waals surface area contributed by atoms with Crippen molar-refractivity contribution in [2.75, 3.05) is 4.90 Å². The highest BCUT2D eigenvalue weighted by atomic mass is 16.3. The molecule has 0 radical (unpaired) electrons. The Morgan fingerprint density at radius 2 is 1.09 bits per heavy atom. The highest BCUT2D eigenvalue weighted by Gasteiger charge is 2.19. The quantitative estimate of drug-likeness (QED) is 0.164. The van der Waals surface area contributed by atoms with Crippen LogP contribution in [0, 0.1) is 0 Å². The van der Waals surface area contributed by atoms with Crippen molar-refractivity contribution in [2.45, 2.75) is 0 Å². The molecule has 3 heterocycles. The van der Waals surface area contributed by atoms with E-state index in [1.807, 2.05) is 30.6 Å². The molecule has 0 amide bonds. The molecule has 0 saturated carbocycles. The Morgan fingerprint density at radius 1 is 0.404 bits per heavy atom. The SMILES string of the molecule is c1ccc(N(c2ccc(-c3cccnc3)cc2)c2ccccc2-c2cccc(-c3ccc4c(c3)c3ccccc3n4-c3ccc4c(c3)oc3ccccc34)c2)cc1. The van der Waals surface area contributed by atoms with Crippen molar-refractivity contribution in [2.24, 2.45) is 0 Å². The first-order valence-electron chi connectivity index (χ1n) is 19.3. The molecular formula is C53H35N3O. The summed E-state index contributed by atoms with van der Waals surface area (Å²) in [6.07, 6.45) is 3.72. The maximum atomic E-state index is 6.32. The normalized spacial score (nSPS) is 11.5. The molecule has 0 unspecified atom stereocenters. The largest absolute Gasteiger partial charge is 0.456 e. The predicted molar refractivity (Wildman–Crippen MR) is 237 cm³/mol. The van der Waals surface area contributed by atoms with Gasteiger partial charge in [-0.1, -0.05) is 115 Å². The standard InChI is InChI=1S/C53H35N3O/c1-2-15-41(16-3-1)55(42-26-23-36(24-27-42)40-14-11-31-54-35-40)49-20-7-4-17-44(49)39-13-10-12-37(32-39)38-25-30-51-48(33-38)45-18-5-8-21-50(45)56(51)43-28-29-47-46-19-6-9-22-52(46)57-53(47)34-43/h1-35H. The van der Waals surface area contributed by atoms with Crippen LogP contribution in [0.3, 0.4) is 0 Å². The van der Waals surface area contributed by atoms with Gasteiger partial charge in [0.2, 0.25) is 0 Å². The Labute approximate surface area is 330 Å². The van der Waals surface area contributed by atoms with Gasteiger partial charge in [0.05, 0.1) is 16.7 Å². The van der Waals surface area contributed by atoms with Crippen LogP contribution in [0.5, 0.6) is 0 Å². The van der Waals surface area contributed by atoms with E-state index in [0.29, 0.717) is 0 Å². The molecule has 0 atom stereocenters. The van der Waals surface area contributed by atoms with E-state index in [1.54, 1.807) is 0 Å². The van der Waals surface area contributed by atoms with Crippen molar-refractivity contribution in [3.63, 3.8) is 0 Å². The van der Waals surface area contributed by atoms with Crippen LogP contribution in [-0.4, -0.2) is 9.55 Å². The van der Waals surface area contributed by atoms with Gasteiger partial charge in [-0.3, -0.25) is 4.98 Å². The van der Waals surface area contributed by atoms with Gasteiger partial charge in [0, 0.05) is 62.6 Å². The number of hydrogen-bond acceptors (Lipinski definition) is 3. The van der Waals surface area contributed by atoms with Crippen LogP contribution in [0.15, 0.2) is 217 Å². The highest BCUT2D eigenvalue weighted by molar-refractivity contribution is 6.11. The van der Waals surface area contributed by atoms with Gasteiger partial charge in [-0.2, -0.15) is 0 Å². The smallest absolute Gasteiger partial charge is 0.137 e. The molecule has 3 aromatic heterocycles. The second-order valence-corrected chi connectivity index (χ2v) is 14.4. The Hall–Kier alpha value is -7.69. The lowest BCUT2D eigenvalue weighted by molar-refractivity contribution is 0.668. The van der Waals surface area contributed by atoms with E-state index in [1.165, 1.54) is 16.3 Å². The number of aromatic nitrogens is 2. The van der Waals surface area contributed by atoms with Gasteiger partial charge in [-0.25, -0.2) is 0 Å². The summed E-state index contributed by atoms with van der Waals surface area (Å²) in [5, 5.41) is 4.70. The van der Waals surface area contributed by atoms with Crippen molar-refractivity contribution in [1.82, 2.24) is 9.55 Å². The summed E-state index contributed by atoms with van der Waals surface area (Å²) in [4.78, 5) is 6.68. The van der Waals surface area contributed by atoms with E-state index in [9.17, 15) is 0 Å². The zero-order valence-corrected chi connectivity index (χ0v) is 31.0. The molecule has 0 aliphatic carbocycles. The summed E-state index contributed by atoms with van der Waals surface area (Å²) < 4.78 is 8.67. The Kier molecular flexibility index (Phi) is 7.78. The third-order valence-electron chi connectivity index (χ3n) is 11.1. The molecule has 0 bridgehead atoms. The molecule has 0 aliphatic heterocycles. The van der Waals surface area contributed by atoms with Crippen molar-refractivity contribution in [1.29, 1.82) is 0 Å². The minimum atomic E-state index is 0.890. The fourth-order valence-electron chi connectivity index (χ4n) is 8.40. The van der Waals surface area contributed by atoms with Gasteiger partial charge in [-0.15, -0.1) is 0 Å². The molecule has 4 heteroatoms. The first-order chi connectivity index (χ1) is 28.3. The fourth-order valence-corrected chi connectivity index (χ4v) is 8.40. The third-order valence-corrected chi connectivity index (χ3v) is 11.1. The first kappa shape index (κ1) is 32.7.